The van der Waals surface area contributed by atoms with E-state index in [-0.39, 0.29) is 12.4 Å². The lowest BCUT2D eigenvalue weighted by molar-refractivity contribution is 0.112. The Hall–Kier alpha value is -7.38. The molecule has 0 amide bonds. The molecule has 0 saturated carbocycles. The highest BCUT2D eigenvalue weighted by Gasteiger charge is 2.26. The van der Waals surface area contributed by atoms with E-state index < -0.39 is 23.1 Å². The number of nitrogens with two attached hydrogens (primary N) is 1. The van der Waals surface area contributed by atoms with E-state index in [0.29, 0.717) is 90.2 Å². The van der Waals surface area contributed by atoms with Crippen LogP contribution in [-0.4, -0.2) is 129 Å². The van der Waals surface area contributed by atoms with Crippen LogP contribution in [0.4, 0.5) is 11.6 Å². The third kappa shape index (κ3) is 12.2. The number of aromatic nitrogens is 8. The molecule has 0 bridgehead atoms. The van der Waals surface area contributed by atoms with Gasteiger partial charge in [-0.25, -0.2) is 29.9 Å². The number of carbonyl (C=O) groups is 1. The topological polar surface area (TPSA) is 284 Å². The van der Waals surface area contributed by atoms with Gasteiger partial charge >= 0.3 is 23.1 Å². The van der Waals surface area contributed by atoms with Crippen LogP contribution in [0.1, 0.15) is 42.6 Å². The fourth-order valence-electron chi connectivity index (χ4n) is 8.44. The number of fused-ring (bicyclic) bond motifs is 8. The van der Waals surface area contributed by atoms with Crippen LogP contribution in [0.25, 0.3) is 89.0 Å². The average Bonchev–Trinajstić information content (AvgIpc) is 4.28. The molecule has 2 aliphatic rings. The van der Waals surface area contributed by atoms with Crippen molar-refractivity contribution in [3.8, 4) is 22.8 Å². The second-order valence-corrected chi connectivity index (χ2v) is 16.8. The number of H-pyrrole nitrogens is 2. The van der Waals surface area contributed by atoms with Crippen molar-refractivity contribution in [1.82, 2.24) is 45.2 Å². The molecular formula is C50H53ClN12O9S2. The van der Waals surface area contributed by atoms with E-state index in [1.54, 1.807) is 6.07 Å². The average molecular weight is 1070 g/mol. The fraction of sp³-hybridized carbons (Fsp3) is 0.300. The number of furan rings is 2. The van der Waals surface area contributed by atoms with Crippen LogP contribution in [0, 0.1) is 0 Å². The lowest BCUT2D eigenvalue weighted by Crippen LogP contribution is -2.37. The van der Waals surface area contributed by atoms with Crippen LogP contribution in [0.15, 0.2) is 94.3 Å². The Morgan fingerprint density at radius 3 is 1.59 bits per heavy atom. The first kappa shape index (κ1) is 54.4. The minimum atomic E-state index is -0.750. The Labute approximate surface area is 436 Å². The molecule has 5 N–H and O–H groups in total. The van der Waals surface area contributed by atoms with Gasteiger partial charge < -0.3 is 49.1 Å². The zero-order chi connectivity index (χ0) is 51.1. The van der Waals surface area contributed by atoms with Crippen molar-refractivity contribution >= 4 is 120 Å². The molecule has 386 valence electrons. The first-order chi connectivity index (χ1) is 35.9. The van der Waals surface area contributed by atoms with Gasteiger partial charge in [0.2, 0.25) is 11.4 Å². The molecular weight excluding hydrogens is 1010 g/mol. The van der Waals surface area contributed by atoms with Crippen molar-refractivity contribution in [2.75, 3.05) is 75.5 Å². The summed E-state index contributed by atoms with van der Waals surface area (Å²) in [5.74, 6) is 2.81. The minimum Gasteiger partial charge on any atom is -0.432 e. The maximum atomic E-state index is 11.3. The number of aldehydes is 1. The highest BCUT2D eigenvalue weighted by Crippen LogP contribution is 2.38. The molecule has 74 heavy (non-hydrogen) atoms. The van der Waals surface area contributed by atoms with Crippen LogP contribution in [0.2, 0.25) is 0 Å². The highest BCUT2D eigenvalue weighted by molar-refractivity contribution is 7.52. The molecule has 2 aromatic carbocycles. The molecule has 0 aliphatic carbocycles. The van der Waals surface area contributed by atoms with Gasteiger partial charge in [-0.05, 0) is 67.9 Å². The standard InChI is InChI=1S/C25H26N6O2.C22H17N5O3.C3H9N.ClH.2O2S/c1-2-7-26-14-16-13-19-21-22(33-25(19)28-15-16)24(31-9-11-32-12-10-31)30-23(29-21)18-4-3-5-20-17(18)6-8-27-20;28-12-13-10-16-18-19(30-22(16)24-11-13)21(27-6-8-29-9-7-27)26-20(25-18)15-2-1-3-17-14(15)4-5-23-17;1-2-3-4;;2*1-3-2/h3-6,8,13,15,26-27H,2,7,9-12,14H2,1H3;1-5,10-12,23H,6-9H2;2-4H2,1H3;1H;;. The molecule has 12 rings (SSSR count). The summed E-state index contributed by atoms with van der Waals surface area (Å²) in [6.45, 7) is 12.3. The molecule has 8 aromatic heterocycles. The number of pyridine rings is 2. The SMILES string of the molecule is CCCN.CCCNCc1cnc2oc3c(N4CCOCC4)nc(-c4cccc5[nH]ccc45)nc3c2c1.Cl.O=Cc1cnc2oc3c(N4CCOCC4)nc(-c4cccc5[nH]ccc45)nc3c2c1.O=S=O.O=S=O. The molecule has 0 unspecified atom stereocenters. The zero-order valence-corrected chi connectivity index (χ0v) is 42.9. The quantitative estimate of drug-likeness (QED) is 0.0774. The maximum absolute atomic E-state index is 11.3. The second kappa shape index (κ2) is 26.5. The van der Waals surface area contributed by atoms with Gasteiger partial charge in [-0.3, -0.25) is 4.79 Å². The third-order valence-corrected chi connectivity index (χ3v) is 11.9. The van der Waals surface area contributed by atoms with Crippen molar-refractivity contribution in [3.05, 3.63) is 96.6 Å². The molecule has 21 nitrogen and oxygen atoms in total. The monoisotopic (exact) mass is 1060 g/mol. The Kier molecular flexibility index (Phi) is 19.5. The fourth-order valence-corrected chi connectivity index (χ4v) is 8.44. The smallest absolute Gasteiger partial charge is 0.335 e. The van der Waals surface area contributed by atoms with E-state index in [1.165, 1.54) is 6.20 Å². The van der Waals surface area contributed by atoms with E-state index in [2.05, 4.69) is 73.2 Å². The number of hydrogen-bond acceptors (Lipinski definition) is 19. The van der Waals surface area contributed by atoms with Gasteiger partial charge in [0, 0.05) is 96.0 Å². The lowest BCUT2D eigenvalue weighted by atomic mass is 10.1. The van der Waals surface area contributed by atoms with E-state index >= 15 is 0 Å². The van der Waals surface area contributed by atoms with Crippen LogP contribution in [-0.2, 0) is 39.2 Å². The van der Waals surface area contributed by atoms with Gasteiger partial charge in [0.1, 0.15) is 11.0 Å². The molecule has 2 aliphatic heterocycles. The number of ether oxygens (including phenoxy) is 2. The summed E-state index contributed by atoms with van der Waals surface area (Å²) >= 11 is -1.50. The van der Waals surface area contributed by atoms with Gasteiger partial charge in [-0.15, -0.1) is 12.4 Å². The van der Waals surface area contributed by atoms with Gasteiger partial charge in [-0.1, -0.05) is 38.1 Å². The molecule has 0 spiro atoms. The van der Waals surface area contributed by atoms with Gasteiger partial charge in [0.25, 0.3) is 0 Å². The summed E-state index contributed by atoms with van der Waals surface area (Å²) < 4.78 is 56.6. The number of nitrogens with one attached hydrogen (secondary N) is 3. The summed E-state index contributed by atoms with van der Waals surface area (Å²) in [5, 5.41) is 7.21. The summed E-state index contributed by atoms with van der Waals surface area (Å²) in [7, 11) is 0. The number of rotatable bonds is 10. The number of aromatic amines is 2. The number of morpholine rings is 2. The predicted octanol–water partition coefficient (Wildman–Crippen LogP) is 7.26. The van der Waals surface area contributed by atoms with Crippen molar-refractivity contribution in [2.24, 2.45) is 5.73 Å². The summed E-state index contributed by atoms with van der Waals surface area (Å²) in [6.07, 6.45) is 10.2. The summed E-state index contributed by atoms with van der Waals surface area (Å²) in [4.78, 5) is 50.9. The maximum Gasteiger partial charge on any atom is 0.335 e. The number of carbonyl (C=O) groups excluding carboxylic acids is 1. The van der Waals surface area contributed by atoms with Crippen molar-refractivity contribution in [1.29, 1.82) is 0 Å². The molecule has 0 radical (unpaired) electrons. The molecule has 24 heteroatoms. The van der Waals surface area contributed by atoms with Gasteiger partial charge in [0.05, 0.1) is 37.2 Å². The normalized spacial score (nSPS) is 13.2. The Morgan fingerprint density at radius 2 is 1.14 bits per heavy atom. The third-order valence-electron chi connectivity index (χ3n) is 11.9. The summed E-state index contributed by atoms with van der Waals surface area (Å²) in [6, 6.07) is 20.2. The minimum absolute atomic E-state index is 0. The molecule has 0 atom stereocenters. The van der Waals surface area contributed by atoms with E-state index in [0.717, 1.165) is 113 Å². The van der Waals surface area contributed by atoms with Crippen LogP contribution < -0.4 is 20.9 Å². The molecule has 10 aromatic rings. The van der Waals surface area contributed by atoms with Crippen LogP contribution in [0.3, 0.4) is 0 Å². The Morgan fingerprint density at radius 1 is 0.662 bits per heavy atom. The van der Waals surface area contributed by atoms with Crippen LogP contribution >= 0.6 is 12.4 Å². The predicted molar refractivity (Wildman–Crippen MR) is 287 cm³/mol. The van der Waals surface area contributed by atoms with Crippen molar-refractivity contribution < 1.29 is 39.9 Å². The number of benzene rings is 2. The molecule has 2 saturated heterocycles. The van der Waals surface area contributed by atoms with Crippen LogP contribution in [0.5, 0.6) is 0 Å². The Balaban J connectivity index is 0.000000182. The number of hydrogen-bond donors (Lipinski definition) is 4. The van der Waals surface area contributed by atoms with E-state index in [1.807, 2.05) is 48.9 Å². The highest BCUT2D eigenvalue weighted by atomic mass is 35.5. The first-order valence-corrected chi connectivity index (χ1v) is 24.9. The van der Waals surface area contributed by atoms with Gasteiger partial charge in [-0.2, -0.15) is 16.8 Å². The molecule has 2 fully saturated rings. The lowest BCUT2D eigenvalue weighted by Gasteiger charge is -2.27. The second-order valence-electron chi connectivity index (χ2n) is 16.5. The van der Waals surface area contributed by atoms with Crippen molar-refractivity contribution in [2.45, 2.75) is 33.2 Å². The van der Waals surface area contributed by atoms with E-state index in [9.17, 15) is 4.79 Å². The number of nitrogens with zero attached hydrogens (tertiary/aromatic N) is 8. The van der Waals surface area contributed by atoms with Gasteiger partial charge in [0.15, 0.2) is 40.7 Å². The van der Waals surface area contributed by atoms with E-state index in [4.69, 9.17) is 60.8 Å². The Bertz CT molecular complexity index is 3550. The zero-order valence-electron chi connectivity index (χ0n) is 40.4. The first-order valence-electron chi connectivity index (χ1n) is 23.6. The number of anilines is 2. The number of halogens is 1. The van der Waals surface area contributed by atoms with Crippen molar-refractivity contribution in [3.63, 3.8) is 0 Å². The molecule has 10 heterocycles. The summed E-state index contributed by atoms with van der Waals surface area (Å²) in [5.41, 5.74) is 14.4. The largest absolute Gasteiger partial charge is 0.432 e.